The van der Waals surface area contributed by atoms with Crippen LogP contribution in [-0.2, 0) is 11.3 Å². The van der Waals surface area contributed by atoms with Crippen molar-refractivity contribution in [3.63, 3.8) is 0 Å². The van der Waals surface area contributed by atoms with Crippen molar-refractivity contribution in [1.29, 1.82) is 0 Å². The summed E-state index contributed by atoms with van der Waals surface area (Å²) in [5.41, 5.74) is 0.916. The molecule has 2 unspecified atom stereocenters. The molecule has 2 atom stereocenters. The first kappa shape index (κ1) is 15.2. The molecule has 1 aromatic heterocycles. The van der Waals surface area contributed by atoms with Crippen molar-refractivity contribution in [3.8, 4) is 0 Å². The van der Waals surface area contributed by atoms with Crippen molar-refractivity contribution < 1.29 is 9.13 Å². The molecule has 2 heterocycles. The second kappa shape index (κ2) is 6.99. The molecule has 1 aromatic rings. The number of aromatic nitrogens is 1. The first-order valence-corrected chi connectivity index (χ1v) is 7.35. The normalized spacial score (nSPS) is 23.1. The molecule has 1 saturated heterocycles. The zero-order valence-corrected chi connectivity index (χ0v) is 12.5. The van der Waals surface area contributed by atoms with Gasteiger partial charge in [-0.1, -0.05) is 6.92 Å². The minimum Gasteiger partial charge on any atom is -0.375 e. The Balaban J connectivity index is 2.20. The molecule has 2 rings (SSSR count). The van der Waals surface area contributed by atoms with Crippen molar-refractivity contribution in [1.82, 2.24) is 10.3 Å². The van der Waals surface area contributed by atoms with Crippen LogP contribution < -0.4 is 10.2 Å². The Hall–Kier alpha value is -1.20. The maximum absolute atomic E-state index is 13.5. The van der Waals surface area contributed by atoms with Crippen LogP contribution >= 0.6 is 0 Å². The van der Waals surface area contributed by atoms with Crippen molar-refractivity contribution in [3.05, 3.63) is 23.6 Å². The van der Waals surface area contributed by atoms with Gasteiger partial charge in [-0.25, -0.2) is 9.37 Å². The van der Waals surface area contributed by atoms with Gasteiger partial charge in [-0.2, -0.15) is 0 Å². The molecule has 0 aliphatic carbocycles. The lowest BCUT2D eigenvalue weighted by atomic mass is 10.1. The summed E-state index contributed by atoms with van der Waals surface area (Å²) < 4.78 is 19.1. The van der Waals surface area contributed by atoms with Gasteiger partial charge in [0.2, 0.25) is 0 Å². The van der Waals surface area contributed by atoms with Crippen LogP contribution in [-0.4, -0.2) is 36.8 Å². The third-order valence-electron chi connectivity index (χ3n) is 3.53. The zero-order chi connectivity index (χ0) is 14.5. The Morgan fingerprint density at radius 3 is 3.05 bits per heavy atom. The summed E-state index contributed by atoms with van der Waals surface area (Å²) in [6.45, 7) is 9.32. The number of hydrogen-bond donors (Lipinski definition) is 1. The molecule has 0 aromatic carbocycles. The maximum Gasteiger partial charge on any atom is 0.141 e. The van der Waals surface area contributed by atoms with E-state index in [2.05, 4.69) is 36.0 Å². The second-order valence-electron chi connectivity index (χ2n) is 5.46. The molecular weight excluding hydrogens is 257 g/mol. The van der Waals surface area contributed by atoms with E-state index in [9.17, 15) is 4.39 Å². The Morgan fingerprint density at radius 1 is 1.50 bits per heavy atom. The second-order valence-corrected chi connectivity index (χ2v) is 5.46. The number of hydrogen-bond acceptors (Lipinski definition) is 4. The first-order valence-electron chi connectivity index (χ1n) is 7.35. The fourth-order valence-corrected chi connectivity index (χ4v) is 2.46. The van der Waals surface area contributed by atoms with Crippen LogP contribution in [0.1, 0.15) is 32.8 Å². The summed E-state index contributed by atoms with van der Waals surface area (Å²) in [6, 6.07) is 1.84. The van der Waals surface area contributed by atoms with Crippen LogP contribution in [0.15, 0.2) is 12.3 Å². The van der Waals surface area contributed by atoms with Gasteiger partial charge in [-0.15, -0.1) is 0 Å². The first-order chi connectivity index (χ1) is 9.61. The lowest BCUT2D eigenvalue weighted by Gasteiger charge is -2.38. The number of morpholine rings is 1. The molecule has 1 fully saturated rings. The van der Waals surface area contributed by atoms with Crippen LogP contribution in [0.3, 0.4) is 0 Å². The van der Waals surface area contributed by atoms with Crippen molar-refractivity contribution in [2.24, 2.45) is 0 Å². The maximum atomic E-state index is 13.5. The number of halogens is 1. The minimum absolute atomic E-state index is 0.175. The predicted molar refractivity (Wildman–Crippen MR) is 78.4 cm³/mol. The van der Waals surface area contributed by atoms with Crippen molar-refractivity contribution in [2.75, 3.05) is 24.6 Å². The summed E-state index contributed by atoms with van der Waals surface area (Å²) in [7, 11) is 0. The summed E-state index contributed by atoms with van der Waals surface area (Å²) in [5, 5.41) is 3.32. The largest absolute Gasteiger partial charge is 0.375 e. The topological polar surface area (TPSA) is 37.4 Å². The van der Waals surface area contributed by atoms with Crippen LogP contribution in [0.5, 0.6) is 0 Å². The van der Waals surface area contributed by atoms with Crippen LogP contribution in [0.2, 0.25) is 0 Å². The van der Waals surface area contributed by atoms with Crippen LogP contribution in [0.25, 0.3) is 0 Å². The van der Waals surface area contributed by atoms with Crippen LogP contribution in [0.4, 0.5) is 10.2 Å². The Morgan fingerprint density at radius 2 is 2.30 bits per heavy atom. The van der Waals surface area contributed by atoms with Gasteiger partial charge in [0, 0.05) is 18.7 Å². The Labute approximate surface area is 120 Å². The molecule has 1 aliphatic heterocycles. The minimum atomic E-state index is -0.281. The summed E-state index contributed by atoms with van der Waals surface area (Å²) in [5.74, 6) is 0.591. The van der Waals surface area contributed by atoms with Crippen molar-refractivity contribution >= 4 is 5.82 Å². The van der Waals surface area contributed by atoms with E-state index in [0.29, 0.717) is 13.2 Å². The van der Waals surface area contributed by atoms with Crippen molar-refractivity contribution in [2.45, 2.75) is 45.9 Å². The molecule has 1 aliphatic rings. The fourth-order valence-electron chi connectivity index (χ4n) is 2.46. The number of rotatable bonds is 5. The number of anilines is 1. The van der Waals surface area contributed by atoms with Gasteiger partial charge in [0.1, 0.15) is 11.6 Å². The SMILES string of the molecule is CCCNCc1cc(F)cnc1N1CC(C)OCC1C. The summed E-state index contributed by atoms with van der Waals surface area (Å²) >= 11 is 0. The molecule has 0 bridgehead atoms. The fraction of sp³-hybridized carbons (Fsp3) is 0.667. The highest BCUT2D eigenvalue weighted by molar-refractivity contribution is 5.48. The van der Waals surface area contributed by atoms with E-state index in [1.165, 1.54) is 6.20 Å². The van der Waals surface area contributed by atoms with E-state index in [4.69, 9.17) is 4.74 Å². The third-order valence-corrected chi connectivity index (χ3v) is 3.53. The van der Waals surface area contributed by atoms with Gasteiger partial charge < -0.3 is 15.0 Å². The quantitative estimate of drug-likeness (QED) is 0.841. The average Bonchev–Trinajstić information content (AvgIpc) is 2.42. The highest BCUT2D eigenvalue weighted by Gasteiger charge is 2.26. The number of pyridine rings is 1. The van der Waals surface area contributed by atoms with Gasteiger partial charge >= 0.3 is 0 Å². The van der Waals surface area contributed by atoms with Gasteiger partial charge in [-0.05, 0) is 32.9 Å². The summed E-state index contributed by atoms with van der Waals surface area (Å²) in [6.07, 6.45) is 2.53. The van der Waals surface area contributed by atoms with Gasteiger partial charge in [-0.3, -0.25) is 0 Å². The van der Waals surface area contributed by atoms with E-state index in [1.807, 2.05) is 0 Å². The molecule has 0 radical (unpaired) electrons. The third kappa shape index (κ3) is 3.67. The average molecular weight is 281 g/mol. The monoisotopic (exact) mass is 281 g/mol. The molecule has 1 N–H and O–H groups in total. The predicted octanol–water partition coefficient (Wildman–Crippen LogP) is 2.33. The van der Waals surface area contributed by atoms with E-state index >= 15 is 0 Å². The molecule has 0 amide bonds. The molecule has 112 valence electrons. The Bertz CT molecular complexity index is 441. The van der Waals surface area contributed by atoms with E-state index in [0.717, 1.165) is 30.9 Å². The van der Waals surface area contributed by atoms with Gasteiger partial charge in [0.25, 0.3) is 0 Å². The highest BCUT2D eigenvalue weighted by Crippen LogP contribution is 2.24. The van der Waals surface area contributed by atoms with Gasteiger partial charge in [0.05, 0.1) is 24.9 Å². The standard InChI is InChI=1S/C15H24FN3O/c1-4-5-17-7-13-6-14(16)8-18-15(13)19-9-12(3)20-10-11(19)2/h6,8,11-12,17H,4-5,7,9-10H2,1-3H3. The molecule has 20 heavy (non-hydrogen) atoms. The number of nitrogens with one attached hydrogen (secondary N) is 1. The van der Waals surface area contributed by atoms with Crippen LogP contribution in [0, 0.1) is 5.82 Å². The number of ether oxygens (including phenoxy) is 1. The van der Waals surface area contributed by atoms with E-state index in [-0.39, 0.29) is 18.0 Å². The lowest BCUT2D eigenvalue weighted by Crippen LogP contribution is -2.48. The van der Waals surface area contributed by atoms with E-state index in [1.54, 1.807) is 6.07 Å². The summed E-state index contributed by atoms with van der Waals surface area (Å²) in [4.78, 5) is 6.54. The van der Waals surface area contributed by atoms with E-state index < -0.39 is 0 Å². The smallest absolute Gasteiger partial charge is 0.141 e. The molecule has 5 heteroatoms. The molecule has 0 saturated carbocycles. The molecular formula is C15H24FN3O. The highest BCUT2D eigenvalue weighted by atomic mass is 19.1. The molecule has 4 nitrogen and oxygen atoms in total. The Kier molecular flexibility index (Phi) is 5.31. The molecule has 0 spiro atoms. The zero-order valence-electron chi connectivity index (χ0n) is 12.5. The number of nitrogens with zero attached hydrogens (tertiary/aromatic N) is 2. The lowest BCUT2D eigenvalue weighted by molar-refractivity contribution is 0.0339. The van der Waals surface area contributed by atoms with Gasteiger partial charge in [0.15, 0.2) is 0 Å².